The lowest BCUT2D eigenvalue weighted by Gasteiger charge is -2.38. The monoisotopic (exact) mass is 264 g/mol. The van der Waals surface area contributed by atoms with Crippen LogP contribution in [0.2, 0.25) is 0 Å². The average Bonchev–Trinajstić information content (AvgIpc) is 2.44. The van der Waals surface area contributed by atoms with E-state index in [9.17, 15) is 0 Å². The van der Waals surface area contributed by atoms with E-state index in [1.54, 1.807) is 7.11 Å². The number of benzene rings is 1. The summed E-state index contributed by atoms with van der Waals surface area (Å²) in [6, 6.07) is 8.14. The highest BCUT2D eigenvalue weighted by atomic mass is 16.5. The summed E-state index contributed by atoms with van der Waals surface area (Å²) in [6.07, 6.45) is 0. The van der Waals surface area contributed by atoms with Crippen molar-refractivity contribution >= 4 is 0 Å². The molecule has 0 fully saturated rings. The molecule has 1 aromatic carbocycles. The molecular formula is C16H28N2O. The zero-order valence-electron chi connectivity index (χ0n) is 12.9. The van der Waals surface area contributed by atoms with Crippen LogP contribution >= 0.6 is 0 Å². The topological polar surface area (TPSA) is 38.5 Å². The van der Waals surface area contributed by atoms with Gasteiger partial charge in [0.2, 0.25) is 0 Å². The van der Waals surface area contributed by atoms with Gasteiger partial charge in [-0.05, 0) is 36.7 Å². The van der Waals surface area contributed by atoms with E-state index in [-0.39, 0.29) is 5.54 Å². The lowest BCUT2D eigenvalue weighted by molar-refractivity contribution is 0.183. The van der Waals surface area contributed by atoms with Gasteiger partial charge in [0.25, 0.3) is 0 Å². The molecule has 0 spiro atoms. The van der Waals surface area contributed by atoms with E-state index in [2.05, 4.69) is 44.7 Å². The molecule has 0 amide bonds. The number of rotatable bonds is 7. The zero-order chi connectivity index (χ0) is 14.5. The van der Waals surface area contributed by atoms with Gasteiger partial charge >= 0.3 is 0 Å². The predicted octanol–water partition coefficient (Wildman–Crippen LogP) is 2.85. The molecule has 2 N–H and O–H groups in total. The molecule has 1 aromatic rings. The largest absolute Gasteiger partial charge is 0.497 e. The van der Waals surface area contributed by atoms with Gasteiger partial charge in [0.05, 0.1) is 12.6 Å². The molecular weight excluding hydrogens is 236 g/mol. The van der Waals surface area contributed by atoms with Gasteiger partial charge in [0.1, 0.15) is 5.75 Å². The summed E-state index contributed by atoms with van der Waals surface area (Å²) in [6.45, 7) is 11.6. The molecule has 108 valence electrons. The van der Waals surface area contributed by atoms with E-state index in [1.807, 2.05) is 12.1 Å². The second kappa shape index (κ2) is 6.92. The van der Waals surface area contributed by atoms with Gasteiger partial charge in [-0.25, -0.2) is 0 Å². The van der Waals surface area contributed by atoms with E-state index in [1.165, 1.54) is 0 Å². The Hall–Kier alpha value is -1.06. The van der Waals surface area contributed by atoms with Crippen LogP contribution < -0.4 is 10.5 Å². The third-order valence-electron chi connectivity index (χ3n) is 4.02. The van der Waals surface area contributed by atoms with E-state index in [0.29, 0.717) is 5.92 Å². The van der Waals surface area contributed by atoms with Crippen LogP contribution in [0.5, 0.6) is 5.75 Å². The molecule has 0 aromatic heterocycles. The maximum atomic E-state index is 6.74. The highest BCUT2D eigenvalue weighted by Gasteiger charge is 2.33. The number of ether oxygens (including phenoxy) is 1. The van der Waals surface area contributed by atoms with Crippen molar-refractivity contribution in [3.8, 4) is 5.75 Å². The summed E-state index contributed by atoms with van der Waals surface area (Å²) in [4.78, 5) is 2.37. The van der Waals surface area contributed by atoms with Crippen LogP contribution in [0, 0.1) is 5.92 Å². The molecule has 1 rings (SSSR count). The molecule has 0 aliphatic heterocycles. The molecule has 1 unspecified atom stereocenters. The van der Waals surface area contributed by atoms with Crippen molar-refractivity contribution in [1.82, 2.24) is 4.90 Å². The Kier molecular flexibility index (Phi) is 5.83. The SMILES string of the molecule is CCN(CC)CC(N)(c1cccc(OC)c1)C(C)C. The minimum atomic E-state index is -0.347. The Labute approximate surface area is 117 Å². The number of hydrogen-bond donors (Lipinski definition) is 1. The van der Waals surface area contributed by atoms with Crippen LogP contribution in [0.4, 0.5) is 0 Å². The third-order valence-corrected chi connectivity index (χ3v) is 4.02. The van der Waals surface area contributed by atoms with Crippen molar-refractivity contribution in [2.24, 2.45) is 11.7 Å². The number of hydrogen-bond acceptors (Lipinski definition) is 3. The molecule has 0 saturated heterocycles. The molecule has 0 saturated carbocycles. The molecule has 0 bridgehead atoms. The minimum Gasteiger partial charge on any atom is -0.497 e. The van der Waals surface area contributed by atoms with E-state index in [4.69, 9.17) is 10.5 Å². The van der Waals surface area contributed by atoms with Gasteiger partial charge in [-0.3, -0.25) is 0 Å². The average molecular weight is 264 g/mol. The van der Waals surface area contributed by atoms with E-state index >= 15 is 0 Å². The summed E-state index contributed by atoms with van der Waals surface area (Å²) in [7, 11) is 1.69. The fraction of sp³-hybridized carbons (Fsp3) is 0.625. The van der Waals surface area contributed by atoms with Crippen molar-refractivity contribution in [3.63, 3.8) is 0 Å². The van der Waals surface area contributed by atoms with Gasteiger partial charge in [0, 0.05) is 6.54 Å². The molecule has 0 radical (unpaired) electrons. The molecule has 3 heteroatoms. The van der Waals surface area contributed by atoms with Gasteiger partial charge in [-0.1, -0.05) is 39.8 Å². The first kappa shape index (κ1) is 16.0. The summed E-state index contributed by atoms with van der Waals surface area (Å²) < 4.78 is 5.32. The highest BCUT2D eigenvalue weighted by molar-refractivity contribution is 5.34. The Morgan fingerprint density at radius 3 is 2.37 bits per heavy atom. The van der Waals surface area contributed by atoms with Crippen molar-refractivity contribution < 1.29 is 4.74 Å². The predicted molar refractivity (Wildman–Crippen MR) is 81.5 cm³/mol. The number of methoxy groups -OCH3 is 1. The molecule has 3 nitrogen and oxygen atoms in total. The summed E-state index contributed by atoms with van der Waals surface area (Å²) >= 11 is 0. The maximum Gasteiger partial charge on any atom is 0.119 e. The molecule has 19 heavy (non-hydrogen) atoms. The van der Waals surface area contributed by atoms with Crippen LogP contribution in [0.3, 0.4) is 0 Å². The first-order valence-electron chi connectivity index (χ1n) is 7.13. The smallest absolute Gasteiger partial charge is 0.119 e. The first-order chi connectivity index (χ1) is 8.97. The molecule has 1 atom stereocenters. The normalized spacial score (nSPS) is 14.7. The Bertz CT molecular complexity index is 388. The van der Waals surface area contributed by atoms with Crippen LogP contribution in [0.15, 0.2) is 24.3 Å². The van der Waals surface area contributed by atoms with Gasteiger partial charge in [-0.15, -0.1) is 0 Å². The van der Waals surface area contributed by atoms with Gasteiger partial charge in [-0.2, -0.15) is 0 Å². The fourth-order valence-corrected chi connectivity index (χ4v) is 2.34. The van der Waals surface area contributed by atoms with Crippen LogP contribution in [-0.2, 0) is 5.54 Å². The first-order valence-corrected chi connectivity index (χ1v) is 7.13. The number of nitrogens with zero attached hydrogens (tertiary/aromatic N) is 1. The summed E-state index contributed by atoms with van der Waals surface area (Å²) in [5, 5.41) is 0. The highest BCUT2D eigenvalue weighted by Crippen LogP contribution is 2.30. The van der Waals surface area contributed by atoms with Crippen molar-refractivity contribution in [1.29, 1.82) is 0 Å². The molecule has 0 aliphatic rings. The molecule has 0 aliphatic carbocycles. The van der Waals surface area contributed by atoms with E-state index < -0.39 is 0 Å². The van der Waals surface area contributed by atoms with Gasteiger partial charge < -0.3 is 15.4 Å². The van der Waals surface area contributed by atoms with Crippen molar-refractivity contribution in [2.45, 2.75) is 33.2 Å². The second-order valence-corrected chi connectivity index (χ2v) is 5.39. The number of likely N-dealkylation sites (N-methyl/N-ethyl adjacent to an activating group) is 1. The van der Waals surface area contributed by atoms with Crippen molar-refractivity contribution in [3.05, 3.63) is 29.8 Å². The quantitative estimate of drug-likeness (QED) is 0.823. The Balaban J connectivity index is 3.10. The van der Waals surface area contributed by atoms with E-state index in [0.717, 1.165) is 30.9 Å². The van der Waals surface area contributed by atoms with Crippen LogP contribution in [-0.4, -0.2) is 31.6 Å². The number of nitrogens with two attached hydrogens (primary N) is 1. The Morgan fingerprint density at radius 1 is 1.26 bits per heavy atom. The second-order valence-electron chi connectivity index (χ2n) is 5.39. The van der Waals surface area contributed by atoms with Crippen LogP contribution in [0.1, 0.15) is 33.3 Å². The third kappa shape index (κ3) is 3.71. The van der Waals surface area contributed by atoms with Crippen molar-refractivity contribution in [2.75, 3.05) is 26.7 Å². The summed E-state index contributed by atoms with van der Waals surface area (Å²) in [5.41, 5.74) is 7.54. The maximum absolute atomic E-state index is 6.74. The minimum absolute atomic E-state index is 0.347. The zero-order valence-corrected chi connectivity index (χ0v) is 12.9. The lowest BCUT2D eigenvalue weighted by Crippen LogP contribution is -2.51. The summed E-state index contributed by atoms with van der Waals surface area (Å²) in [5.74, 6) is 1.23. The van der Waals surface area contributed by atoms with Crippen LogP contribution in [0.25, 0.3) is 0 Å². The van der Waals surface area contributed by atoms with Gasteiger partial charge in [0.15, 0.2) is 0 Å². The molecule has 0 heterocycles. The Morgan fingerprint density at radius 2 is 1.89 bits per heavy atom. The fourth-order valence-electron chi connectivity index (χ4n) is 2.34. The standard InChI is InChI=1S/C16H28N2O/c1-6-18(7-2)12-16(17,13(3)4)14-9-8-10-15(11-14)19-5/h8-11,13H,6-7,12,17H2,1-5H3. The lowest BCUT2D eigenvalue weighted by atomic mass is 9.80.